The Hall–Kier alpha value is -1.40. The van der Waals surface area contributed by atoms with Crippen LogP contribution in [0.25, 0.3) is 0 Å². The minimum atomic E-state index is -2.30. The molecule has 1 rings (SSSR count). The van der Waals surface area contributed by atoms with Crippen LogP contribution in [0.3, 0.4) is 0 Å². The molecule has 6 heteroatoms. The van der Waals surface area contributed by atoms with Gasteiger partial charge in [-0.05, 0) is 6.92 Å². The SMILES string of the molecule is COC1=C(O)C(=O)C(C)(O)C(O)C1=O. The highest BCUT2D eigenvalue weighted by molar-refractivity contribution is 6.15. The monoisotopic (exact) mass is 202 g/mol. The van der Waals surface area contributed by atoms with E-state index in [2.05, 4.69) is 4.74 Å². The second-order valence-electron chi connectivity index (χ2n) is 3.13. The van der Waals surface area contributed by atoms with Crippen LogP contribution < -0.4 is 0 Å². The van der Waals surface area contributed by atoms with Gasteiger partial charge in [0.1, 0.15) is 0 Å². The molecule has 0 spiro atoms. The topological polar surface area (TPSA) is 104 Å². The zero-order chi connectivity index (χ0) is 11.1. The van der Waals surface area contributed by atoms with Gasteiger partial charge in [0, 0.05) is 0 Å². The lowest BCUT2D eigenvalue weighted by Gasteiger charge is -2.30. The number of ether oxygens (including phenoxy) is 1. The van der Waals surface area contributed by atoms with E-state index < -0.39 is 34.8 Å². The van der Waals surface area contributed by atoms with Gasteiger partial charge in [-0.3, -0.25) is 9.59 Å². The zero-order valence-corrected chi connectivity index (χ0v) is 7.64. The van der Waals surface area contributed by atoms with Gasteiger partial charge >= 0.3 is 0 Å². The van der Waals surface area contributed by atoms with Crippen LogP contribution in [-0.4, -0.2) is 45.7 Å². The van der Waals surface area contributed by atoms with Gasteiger partial charge in [0.15, 0.2) is 11.7 Å². The Balaban J connectivity index is 3.31. The van der Waals surface area contributed by atoms with Crippen LogP contribution in [0.2, 0.25) is 0 Å². The average molecular weight is 202 g/mol. The Morgan fingerprint density at radius 2 is 1.93 bits per heavy atom. The minimum absolute atomic E-state index is 0.631. The number of ketones is 2. The largest absolute Gasteiger partial charge is 0.502 e. The molecule has 0 amide bonds. The van der Waals surface area contributed by atoms with Gasteiger partial charge in [0.05, 0.1) is 7.11 Å². The fourth-order valence-corrected chi connectivity index (χ4v) is 1.16. The molecule has 0 aliphatic heterocycles. The van der Waals surface area contributed by atoms with Gasteiger partial charge in [0.25, 0.3) is 0 Å². The second-order valence-corrected chi connectivity index (χ2v) is 3.13. The summed E-state index contributed by atoms with van der Waals surface area (Å²) in [5.41, 5.74) is -2.30. The minimum Gasteiger partial charge on any atom is -0.502 e. The van der Waals surface area contributed by atoms with Crippen LogP contribution in [0.5, 0.6) is 0 Å². The fourth-order valence-electron chi connectivity index (χ4n) is 1.16. The standard InChI is InChI=1S/C8H10O6/c1-8(13)6(11)3(9)5(14-2)4(10)7(8)12/h6,10-11,13H,1-2H3. The summed E-state index contributed by atoms with van der Waals surface area (Å²) in [7, 11) is 1.07. The summed E-state index contributed by atoms with van der Waals surface area (Å²) >= 11 is 0. The van der Waals surface area contributed by atoms with Crippen molar-refractivity contribution in [3.05, 3.63) is 11.5 Å². The van der Waals surface area contributed by atoms with E-state index in [1.807, 2.05) is 0 Å². The molecule has 6 nitrogen and oxygen atoms in total. The molecule has 1 aliphatic rings. The number of methoxy groups -OCH3 is 1. The Morgan fingerprint density at radius 3 is 2.36 bits per heavy atom. The van der Waals surface area contributed by atoms with Gasteiger partial charge in [-0.25, -0.2) is 0 Å². The lowest BCUT2D eigenvalue weighted by Crippen LogP contribution is -2.55. The van der Waals surface area contributed by atoms with Crippen molar-refractivity contribution in [2.45, 2.75) is 18.6 Å². The first kappa shape index (κ1) is 10.7. The molecule has 14 heavy (non-hydrogen) atoms. The maximum absolute atomic E-state index is 11.2. The molecule has 0 aromatic rings. The van der Waals surface area contributed by atoms with Crippen molar-refractivity contribution in [3.8, 4) is 0 Å². The van der Waals surface area contributed by atoms with E-state index in [0.29, 0.717) is 0 Å². The average Bonchev–Trinajstić information content (AvgIpc) is 2.14. The summed E-state index contributed by atoms with van der Waals surface area (Å²) in [5, 5.41) is 27.8. The van der Waals surface area contributed by atoms with Crippen LogP contribution in [0.15, 0.2) is 11.5 Å². The highest BCUT2D eigenvalue weighted by atomic mass is 16.5. The molecule has 0 saturated heterocycles. The molecule has 0 saturated carbocycles. The van der Waals surface area contributed by atoms with E-state index in [9.17, 15) is 24.9 Å². The van der Waals surface area contributed by atoms with Crippen LogP contribution in [-0.2, 0) is 14.3 Å². The summed E-state index contributed by atoms with van der Waals surface area (Å²) in [5.74, 6) is -3.75. The summed E-state index contributed by atoms with van der Waals surface area (Å²) in [6.07, 6.45) is -1.92. The van der Waals surface area contributed by atoms with Crippen molar-refractivity contribution in [3.63, 3.8) is 0 Å². The van der Waals surface area contributed by atoms with Gasteiger partial charge in [-0.2, -0.15) is 0 Å². The number of hydrogen-bond acceptors (Lipinski definition) is 6. The highest BCUT2D eigenvalue weighted by Gasteiger charge is 2.51. The van der Waals surface area contributed by atoms with Crippen LogP contribution in [0, 0.1) is 0 Å². The summed E-state index contributed by atoms with van der Waals surface area (Å²) < 4.78 is 4.44. The van der Waals surface area contributed by atoms with E-state index >= 15 is 0 Å². The van der Waals surface area contributed by atoms with E-state index in [1.54, 1.807) is 0 Å². The van der Waals surface area contributed by atoms with E-state index in [1.165, 1.54) is 0 Å². The van der Waals surface area contributed by atoms with Crippen LogP contribution >= 0.6 is 0 Å². The molecule has 0 heterocycles. The highest BCUT2D eigenvalue weighted by Crippen LogP contribution is 2.26. The number of aliphatic hydroxyl groups is 3. The number of hydrogen-bond donors (Lipinski definition) is 3. The maximum atomic E-state index is 11.2. The third-order valence-corrected chi connectivity index (χ3v) is 2.10. The van der Waals surface area contributed by atoms with Gasteiger partial charge < -0.3 is 20.1 Å². The van der Waals surface area contributed by atoms with Crippen molar-refractivity contribution in [1.29, 1.82) is 0 Å². The van der Waals surface area contributed by atoms with Crippen molar-refractivity contribution < 1.29 is 29.6 Å². The molecule has 78 valence electrons. The molecule has 2 unspecified atom stereocenters. The molecule has 0 aromatic carbocycles. The van der Waals surface area contributed by atoms with Crippen molar-refractivity contribution in [2.24, 2.45) is 0 Å². The summed E-state index contributed by atoms with van der Waals surface area (Å²) in [6.45, 7) is 0.945. The molecule has 3 N–H and O–H groups in total. The lowest BCUT2D eigenvalue weighted by atomic mass is 9.84. The fraction of sp³-hybridized carbons (Fsp3) is 0.500. The van der Waals surface area contributed by atoms with Crippen molar-refractivity contribution in [1.82, 2.24) is 0 Å². The molecule has 0 aromatic heterocycles. The Kier molecular flexibility index (Phi) is 2.34. The predicted octanol–water partition coefficient (Wildman–Crippen LogP) is -1.33. The summed E-state index contributed by atoms with van der Waals surface area (Å²) in [6, 6.07) is 0. The van der Waals surface area contributed by atoms with Crippen molar-refractivity contribution >= 4 is 11.6 Å². The van der Waals surface area contributed by atoms with Crippen LogP contribution in [0.1, 0.15) is 6.92 Å². The quantitative estimate of drug-likeness (QED) is 0.486. The Labute approximate surface area is 79.4 Å². The third-order valence-electron chi connectivity index (χ3n) is 2.10. The van der Waals surface area contributed by atoms with E-state index in [-0.39, 0.29) is 0 Å². The number of carbonyl (C=O) groups excluding carboxylic acids is 2. The Morgan fingerprint density at radius 1 is 1.43 bits per heavy atom. The molecule has 0 radical (unpaired) electrons. The van der Waals surface area contributed by atoms with Gasteiger partial charge in [-0.1, -0.05) is 0 Å². The van der Waals surface area contributed by atoms with Gasteiger partial charge in [-0.15, -0.1) is 0 Å². The van der Waals surface area contributed by atoms with Crippen molar-refractivity contribution in [2.75, 3.05) is 7.11 Å². The number of Topliss-reactive ketones (excluding diaryl/α,β-unsaturated/α-hetero) is 2. The normalized spacial score (nSPS) is 33.6. The molecule has 2 atom stereocenters. The van der Waals surface area contributed by atoms with Crippen LogP contribution in [0.4, 0.5) is 0 Å². The predicted molar refractivity (Wildman–Crippen MR) is 43.3 cm³/mol. The molecular weight excluding hydrogens is 192 g/mol. The molecule has 0 bridgehead atoms. The number of carbonyl (C=O) groups is 2. The molecule has 0 fully saturated rings. The number of rotatable bonds is 1. The molecular formula is C8H10O6. The number of aliphatic hydroxyl groups excluding tert-OH is 2. The van der Waals surface area contributed by atoms with E-state index in [0.717, 1.165) is 14.0 Å². The molecule has 1 aliphatic carbocycles. The Bertz CT molecular complexity index is 327. The third kappa shape index (κ3) is 1.19. The second kappa shape index (κ2) is 3.07. The summed E-state index contributed by atoms with van der Waals surface area (Å²) in [4.78, 5) is 22.4. The first-order valence-electron chi connectivity index (χ1n) is 3.80. The lowest BCUT2D eigenvalue weighted by molar-refractivity contribution is -0.159. The smallest absolute Gasteiger partial charge is 0.235 e. The zero-order valence-electron chi connectivity index (χ0n) is 7.64. The maximum Gasteiger partial charge on any atom is 0.235 e. The van der Waals surface area contributed by atoms with Gasteiger partial charge in [0.2, 0.25) is 23.1 Å². The first-order valence-corrected chi connectivity index (χ1v) is 3.80. The first-order chi connectivity index (χ1) is 6.34. The van der Waals surface area contributed by atoms with E-state index in [4.69, 9.17) is 0 Å².